The topological polar surface area (TPSA) is 71.3 Å². The van der Waals surface area contributed by atoms with Crippen molar-refractivity contribution in [3.05, 3.63) is 387 Å². The molecule has 0 amide bonds. The van der Waals surface area contributed by atoms with Crippen LogP contribution in [0, 0.1) is 0 Å². The number of thiophene rings is 1. The van der Waals surface area contributed by atoms with Crippen molar-refractivity contribution in [2.75, 3.05) is 0 Å². The third-order valence-corrected chi connectivity index (χ3v) is 28.5. The average molecular weight is 1590 g/mol. The first kappa shape index (κ1) is 67.9. The minimum atomic E-state index is -0.437. The van der Waals surface area contributed by atoms with Crippen LogP contribution in [0.25, 0.3) is 262 Å². The molecule has 1 aliphatic rings. The molecule has 7 heterocycles. The van der Waals surface area contributed by atoms with E-state index < -0.39 is 5.41 Å². The van der Waals surface area contributed by atoms with Crippen molar-refractivity contribution in [2.45, 2.75) is 19.3 Å². The second kappa shape index (κ2) is 25.1. The minimum Gasteiger partial charge on any atom is -0.309 e. The maximum absolute atomic E-state index is 6.16. The molecule has 0 saturated heterocycles. The first-order valence-electron chi connectivity index (χ1n) is 42.7. The Morgan fingerprint density at radius 3 is 1.24 bits per heavy atom. The summed E-state index contributed by atoms with van der Waals surface area (Å²) in [4.78, 5) is 25.3. The molecule has 28 rings (SSSR count). The molecule has 0 aliphatic heterocycles. The smallest absolute Gasteiger partial charge is 0.236 e. The molecule has 124 heavy (non-hydrogen) atoms. The highest BCUT2D eigenvalue weighted by atomic mass is 32.1. The van der Waals surface area contributed by atoms with Gasteiger partial charge in [-0.15, -0.1) is 11.3 Å². The van der Waals surface area contributed by atoms with Crippen molar-refractivity contribution in [3.63, 3.8) is 0 Å². The predicted octanol–water partition coefficient (Wildman–Crippen LogP) is 30.6. The highest BCUT2D eigenvalue weighted by Crippen LogP contribution is 2.55. The van der Waals surface area contributed by atoms with E-state index in [9.17, 15) is 0 Å². The summed E-state index contributed by atoms with van der Waals surface area (Å²) in [6.45, 7) is 4.62. The van der Waals surface area contributed by atoms with Crippen molar-refractivity contribution in [1.29, 1.82) is 0 Å². The summed E-state index contributed by atoms with van der Waals surface area (Å²) >= 11 is 1.75. The molecule has 0 fully saturated rings. The lowest BCUT2D eigenvalue weighted by Gasteiger charge is -2.22. The fourth-order valence-corrected chi connectivity index (χ4v) is 23.3. The van der Waals surface area contributed by atoms with Crippen molar-refractivity contribution in [3.8, 4) is 68.0 Å². The molecule has 8 nitrogen and oxygen atoms in total. The van der Waals surface area contributed by atoms with Crippen molar-refractivity contribution >= 4 is 205 Å². The van der Waals surface area contributed by atoms with Crippen LogP contribution in [0.15, 0.2) is 376 Å². The molecular weight excluding hydrogens is 1530 g/mol. The SMILES string of the molecule is CC1(C)c2ccccc2-c2nc(-n3c4ccc5ccccc5c4c4c5c(ccc43)c3ccccc3c3cc(-c4ccc6sc7nc(-n8c9ccc%10ccccc%10c9c9c%10c%11ccccc%11c%11ccccc%11c%10ccc98)nc(-c8cccc9c8c8ccccc8n9-c8ccccc8)c7c6c4)ccc35)c(-c3cccc4c3c3ccccc3n4-c3ccccc3)nc21. The molecule has 0 spiro atoms. The Hall–Kier alpha value is -15.9. The Bertz CT molecular complexity index is 9450. The number of nitrogens with zero attached hydrogens (tertiary/aromatic N) is 8. The standard InChI is InChI=1S/C115H68N8S/c1-115(2)89-46-22-19-41-82(89)109-111(115)116-110(86-45-26-50-93-100(86)84-43-21-24-48-91(84)121(93)70-31-7-4-8-32-70)112(117-109)122-94-58-52-65-27-9-11-33-71(65)103(94)106-96(122)60-56-80-76-38-15-16-39-77(76)87-63-67(51-55-81(87)102(80)106)68-54-62-98-88(64-68)105-108(85-44-25-49-92-99(85)83-42-20-23-47-90(83)120(92)69-29-5-3-6-30-69)118-114(119-113(105)124-98)123-95-59-53-66-28-10-12-34-72(66)104(95)107-97(123)61-57-79-75-37-14-13-35-73(75)74-36-17-18-40-78(74)101(79)107/h3-64H,1-2H3. The van der Waals surface area contributed by atoms with Gasteiger partial charge in [-0.3, -0.25) is 9.13 Å². The number of para-hydroxylation sites is 4. The van der Waals surface area contributed by atoms with Gasteiger partial charge < -0.3 is 9.13 Å². The van der Waals surface area contributed by atoms with E-state index in [2.05, 4.69) is 408 Å². The quantitative estimate of drug-likeness (QED) is 0.149. The molecule has 0 bridgehead atoms. The van der Waals surface area contributed by atoms with Crippen LogP contribution < -0.4 is 0 Å². The number of fused-ring (bicyclic) bond motifs is 36. The summed E-state index contributed by atoms with van der Waals surface area (Å²) in [5.74, 6) is 1.40. The normalized spacial score (nSPS) is 13.0. The molecule has 1 aliphatic carbocycles. The molecule has 0 atom stereocenters. The minimum absolute atomic E-state index is 0.437. The van der Waals surface area contributed by atoms with Crippen LogP contribution in [-0.4, -0.2) is 38.2 Å². The predicted molar refractivity (Wildman–Crippen MR) is 522 cm³/mol. The molecule has 20 aromatic carbocycles. The summed E-state index contributed by atoms with van der Waals surface area (Å²) in [7, 11) is 0. The largest absolute Gasteiger partial charge is 0.309 e. The molecule has 9 heteroatoms. The summed E-state index contributed by atoms with van der Waals surface area (Å²) in [6.07, 6.45) is 0. The summed E-state index contributed by atoms with van der Waals surface area (Å²) < 4.78 is 10.8. The first-order chi connectivity index (χ1) is 61.3. The van der Waals surface area contributed by atoms with E-state index in [1.54, 1.807) is 11.3 Å². The zero-order valence-corrected chi connectivity index (χ0v) is 68.1. The first-order valence-corrected chi connectivity index (χ1v) is 43.5. The van der Waals surface area contributed by atoms with E-state index in [1.807, 2.05) is 0 Å². The van der Waals surface area contributed by atoms with Gasteiger partial charge in [-0.1, -0.05) is 299 Å². The second-order valence-corrected chi connectivity index (χ2v) is 35.1. The molecule has 0 radical (unpaired) electrons. The number of hydrogen-bond donors (Lipinski definition) is 0. The average Bonchev–Trinajstić information content (AvgIpc) is 1.51. The molecule has 574 valence electrons. The third-order valence-electron chi connectivity index (χ3n) is 27.5. The fourth-order valence-electron chi connectivity index (χ4n) is 22.2. The van der Waals surface area contributed by atoms with Crippen LogP contribution in [0.3, 0.4) is 0 Å². The van der Waals surface area contributed by atoms with E-state index in [0.717, 1.165) is 154 Å². The van der Waals surface area contributed by atoms with Gasteiger partial charge in [0.2, 0.25) is 5.95 Å². The summed E-state index contributed by atoms with van der Waals surface area (Å²) in [5, 5.41) is 30.6. The van der Waals surface area contributed by atoms with Crippen LogP contribution >= 0.6 is 11.3 Å². The number of hydrogen-bond acceptors (Lipinski definition) is 5. The maximum atomic E-state index is 6.16. The monoisotopic (exact) mass is 1590 g/mol. The van der Waals surface area contributed by atoms with Crippen LogP contribution in [0.1, 0.15) is 25.1 Å². The molecule has 27 aromatic rings. The van der Waals surface area contributed by atoms with Crippen molar-refractivity contribution in [2.24, 2.45) is 0 Å². The number of aromatic nitrogens is 8. The van der Waals surface area contributed by atoms with Gasteiger partial charge in [-0.25, -0.2) is 19.9 Å². The number of benzene rings is 20. The van der Waals surface area contributed by atoms with Gasteiger partial charge in [0.25, 0.3) is 0 Å². The van der Waals surface area contributed by atoms with E-state index >= 15 is 0 Å². The van der Waals surface area contributed by atoms with Gasteiger partial charge in [-0.2, -0.15) is 0 Å². The Morgan fingerprint density at radius 2 is 0.645 bits per heavy atom. The maximum Gasteiger partial charge on any atom is 0.236 e. The van der Waals surface area contributed by atoms with Crippen LogP contribution in [0.4, 0.5) is 0 Å². The van der Waals surface area contributed by atoms with E-state index in [0.29, 0.717) is 5.95 Å². The summed E-state index contributed by atoms with van der Waals surface area (Å²) in [6, 6.07) is 139. The van der Waals surface area contributed by atoms with E-state index in [4.69, 9.17) is 19.9 Å². The molecular formula is C115H68N8S. The molecule has 0 unspecified atom stereocenters. The van der Waals surface area contributed by atoms with Gasteiger partial charge in [0, 0.05) is 103 Å². The van der Waals surface area contributed by atoms with Gasteiger partial charge in [0.05, 0.1) is 61.2 Å². The zero-order chi connectivity index (χ0) is 81.1. The van der Waals surface area contributed by atoms with Gasteiger partial charge in [0.15, 0.2) is 5.82 Å². The van der Waals surface area contributed by atoms with Gasteiger partial charge >= 0.3 is 0 Å². The lowest BCUT2D eigenvalue weighted by atomic mass is 9.85. The Labute approximate surface area is 712 Å². The Balaban J connectivity index is 0.700. The van der Waals surface area contributed by atoms with E-state index in [-0.39, 0.29) is 0 Å². The summed E-state index contributed by atoms with van der Waals surface area (Å²) in [5.41, 5.74) is 20.7. The molecule has 0 saturated carbocycles. The van der Waals surface area contributed by atoms with Crippen molar-refractivity contribution < 1.29 is 0 Å². The van der Waals surface area contributed by atoms with Gasteiger partial charge in [0.1, 0.15) is 10.5 Å². The van der Waals surface area contributed by atoms with E-state index in [1.165, 1.54) is 113 Å². The van der Waals surface area contributed by atoms with Crippen LogP contribution in [0.5, 0.6) is 0 Å². The molecule has 7 aromatic heterocycles. The van der Waals surface area contributed by atoms with Crippen molar-refractivity contribution in [1.82, 2.24) is 38.2 Å². The Morgan fingerprint density at radius 1 is 0.234 bits per heavy atom. The lowest BCUT2D eigenvalue weighted by Crippen LogP contribution is -2.18. The lowest BCUT2D eigenvalue weighted by molar-refractivity contribution is 0.635. The van der Waals surface area contributed by atoms with Gasteiger partial charge in [-0.05, 0) is 183 Å². The highest BCUT2D eigenvalue weighted by molar-refractivity contribution is 7.25. The highest BCUT2D eigenvalue weighted by Gasteiger charge is 2.41. The zero-order valence-electron chi connectivity index (χ0n) is 67.3. The fraction of sp³-hybridized carbons (Fsp3) is 0.0261. The Kier molecular flexibility index (Phi) is 13.7. The second-order valence-electron chi connectivity index (χ2n) is 34.1. The van der Waals surface area contributed by atoms with Crippen LogP contribution in [0.2, 0.25) is 0 Å². The molecule has 0 N–H and O–H groups in total. The van der Waals surface area contributed by atoms with Crippen LogP contribution in [-0.2, 0) is 5.41 Å². The number of rotatable bonds is 7. The third kappa shape index (κ3) is 9.13.